The average molecular weight is 403 g/mol. The molecule has 3 aromatic rings. The number of aryl methyl sites for hydroxylation is 2. The van der Waals surface area contributed by atoms with E-state index < -0.39 is 0 Å². The molecule has 1 aliphatic heterocycles. The highest BCUT2D eigenvalue weighted by molar-refractivity contribution is 7.99. The molecule has 0 radical (unpaired) electrons. The lowest BCUT2D eigenvalue weighted by molar-refractivity contribution is -0.128. The summed E-state index contributed by atoms with van der Waals surface area (Å²) in [6.07, 6.45) is 6.09. The predicted molar refractivity (Wildman–Crippen MR) is 107 cm³/mol. The molecule has 1 saturated heterocycles. The monoisotopic (exact) mass is 402 g/mol. The number of hydrogen-bond donors (Lipinski definition) is 0. The van der Waals surface area contributed by atoms with Gasteiger partial charge in [-0.25, -0.2) is 4.98 Å². The molecule has 1 fully saturated rings. The van der Waals surface area contributed by atoms with Crippen LogP contribution in [-0.2, 0) is 17.6 Å². The van der Waals surface area contributed by atoms with Crippen molar-refractivity contribution >= 4 is 39.2 Å². The standard InChI is InChI=1S/C19H22N4O2S2/c24-18(23-11-5-1-2-6-12-23)13-26-19-22-21-16(25-19)9-10-17-20-14-7-3-4-8-15(14)27-17/h3-4,7-8H,1-2,5-6,9-13H2. The largest absolute Gasteiger partial charge is 0.416 e. The van der Waals surface area contributed by atoms with Crippen LogP contribution in [0.25, 0.3) is 10.2 Å². The van der Waals surface area contributed by atoms with Gasteiger partial charge in [-0.15, -0.1) is 21.5 Å². The summed E-state index contributed by atoms with van der Waals surface area (Å²) in [6, 6.07) is 8.14. The van der Waals surface area contributed by atoms with Gasteiger partial charge in [0.1, 0.15) is 0 Å². The molecule has 1 aromatic carbocycles. The highest BCUT2D eigenvalue weighted by Gasteiger charge is 2.17. The molecule has 2 aromatic heterocycles. The summed E-state index contributed by atoms with van der Waals surface area (Å²) in [7, 11) is 0. The second kappa shape index (κ2) is 8.84. The minimum absolute atomic E-state index is 0.163. The Morgan fingerprint density at radius 1 is 1.11 bits per heavy atom. The Morgan fingerprint density at radius 3 is 2.74 bits per heavy atom. The van der Waals surface area contributed by atoms with Crippen molar-refractivity contribution in [3.63, 3.8) is 0 Å². The Labute approximate surface area is 166 Å². The van der Waals surface area contributed by atoms with E-state index in [0.717, 1.165) is 42.9 Å². The van der Waals surface area contributed by atoms with E-state index >= 15 is 0 Å². The number of thiazole rings is 1. The van der Waals surface area contributed by atoms with E-state index in [-0.39, 0.29) is 5.91 Å². The Kier molecular flexibility index (Phi) is 6.03. The van der Waals surface area contributed by atoms with Gasteiger partial charge in [0.25, 0.3) is 5.22 Å². The minimum Gasteiger partial charge on any atom is -0.416 e. The SMILES string of the molecule is O=C(CSc1nnc(CCc2nc3ccccc3s2)o1)N1CCCCCC1. The van der Waals surface area contributed by atoms with Crippen LogP contribution in [0.5, 0.6) is 0 Å². The van der Waals surface area contributed by atoms with Crippen LogP contribution < -0.4 is 0 Å². The van der Waals surface area contributed by atoms with Crippen molar-refractivity contribution in [1.29, 1.82) is 0 Å². The fourth-order valence-corrected chi connectivity index (χ4v) is 4.82. The van der Waals surface area contributed by atoms with Crippen molar-refractivity contribution in [2.45, 2.75) is 43.7 Å². The maximum Gasteiger partial charge on any atom is 0.277 e. The van der Waals surface area contributed by atoms with Crippen molar-refractivity contribution < 1.29 is 9.21 Å². The van der Waals surface area contributed by atoms with E-state index in [9.17, 15) is 4.79 Å². The summed E-state index contributed by atoms with van der Waals surface area (Å²) in [5, 5.41) is 9.71. The summed E-state index contributed by atoms with van der Waals surface area (Å²) in [6.45, 7) is 1.74. The van der Waals surface area contributed by atoms with Crippen molar-refractivity contribution in [3.8, 4) is 0 Å². The summed E-state index contributed by atoms with van der Waals surface area (Å²) in [4.78, 5) is 18.9. The molecule has 4 rings (SSSR count). The summed E-state index contributed by atoms with van der Waals surface area (Å²) in [5.74, 6) is 1.12. The maximum absolute atomic E-state index is 12.3. The van der Waals surface area contributed by atoms with Gasteiger partial charge in [0.15, 0.2) is 0 Å². The third-order valence-corrected chi connectivity index (χ3v) is 6.52. The first-order valence-corrected chi connectivity index (χ1v) is 11.2. The van der Waals surface area contributed by atoms with Crippen molar-refractivity contribution in [1.82, 2.24) is 20.1 Å². The third kappa shape index (κ3) is 4.87. The molecule has 0 atom stereocenters. The molecule has 0 spiro atoms. The molecule has 0 bridgehead atoms. The van der Waals surface area contributed by atoms with Gasteiger partial charge in [-0.05, 0) is 25.0 Å². The fraction of sp³-hybridized carbons (Fsp3) is 0.474. The summed E-state index contributed by atoms with van der Waals surface area (Å²) in [5.41, 5.74) is 1.03. The number of fused-ring (bicyclic) bond motifs is 1. The van der Waals surface area contributed by atoms with Gasteiger partial charge >= 0.3 is 0 Å². The van der Waals surface area contributed by atoms with Gasteiger partial charge in [0.2, 0.25) is 11.8 Å². The van der Waals surface area contributed by atoms with E-state index in [4.69, 9.17) is 4.42 Å². The second-order valence-electron chi connectivity index (χ2n) is 6.62. The lowest BCUT2D eigenvalue weighted by atomic mass is 10.2. The lowest BCUT2D eigenvalue weighted by Gasteiger charge is -2.19. The van der Waals surface area contributed by atoms with E-state index in [1.807, 2.05) is 23.1 Å². The van der Waals surface area contributed by atoms with Crippen LogP contribution in [0.3, 0.4) is 0 Å². The minimum atomic E-state index is 0.163. The topological polar surface area (TPSA) is 72.1 Å². The molecule has 1 aliphatic rings. The third-order valence-electron chi connectivity index (χ3n) is 4.62. The summed E-state index contributed by atoms with van der Waals surface area (Å²) < 4.78 is 6.88. The van der Waals surface area contributed by atoms with Crippen LogP contribution in [0.1, 0.15) is 36.6 Å². The van der Waals surface area contributed by atoms with Gasteiger partial charge in [0, 0.05) is 25.9 Å². The van der Waals surface area contributed by atoms with Gasteiger partial charge in [-0.2, -0.15) is 0 Å². The van der Waals surface area contributed by atoms with Crippen LogP contribution >= 0.6 is 23.1 Å². The molecule has 1 amide bonds. The number of carbonyl (C=O) groups is 1. The van der Waals surface area contributed by atoms with Gasteiger partial charge in [-0.1, -0.05) is 36.7 Å². The Hall–Kier alpha value is -1.93. The van der Waals surface area contributed by atoms with Crippen LogP contribution in [-0.4, -0.2) is 44.8 Å². The zero-order valence-corrected chi connectivity index (χ0v) is 16.7. The number of carbonyl (C=O) groups excluding carboxylic acids is 1. The zero-order valence-electron chi connectivity index (χ0n) is 15.1. The molecular weight excluding hydrogens is 380 g/mol. The van der Waals surface area contributed by atoms with Crippen LogP contribution in [0.15, 0.2) is 33.9 Å². The summed E-state index contributed by atoms with van der Waals surface area (Å²) >= 11 is 3.03. The number of para-hydroxylation sites is 1. The molecule has 6 nitrogen and oxygen atoms in total. The molecule has 0 unspecified atom stereocenters. The number of nitrogens with zero attached hydrogens (tertiary/aromatic N) is 4. The van der Waals surface area contributed by atoms with Crippen molar-refractivity contribution in [2.75, 3.05) is 18.8 Å². The fourth-order valence-electron chi connectivity index (χ4n) is 3.17. The Bertz CT molecular complexity index is 867. The molecule has 0 N–H and O–H groups in total. The molecule has 0 saturated carbocycles. The van der Waals surface area contributed by atoms with Gasteiger partial charge < -0.3 is 9.32 Å². The number of aromatic nitrogens is 3. The highest BCUT2D eigenvalue weighted by atomic mass is 32.2. The predicted octanol–water partition coefficient (Wildman–Crippen LogP) is 3.96. The van der Waals surface area contributed by atoms with E-state index in [1.165, 1.54) is 29.3 Å². The Balaban J connectivity index is 1.27. The molecule has 8 heteroatoms. The van der Waals surface area contributed by atoms with Crippen molar-refractivity contribution in [2.24, 2.45) is 0 Å². The first-order chi connectivity index (χ1) is 13.3. The number of hydrogen-bond acceptors (Lipinski definition) is 7. The van der Waals surface area contributed by atoms with Crippen LogP contribution in [0.4, 0.5) is 0 Å². The molecule has 3 heterocycles. The quantitative estimate of drug-likeness (QED) is 0.581. The maximum atomic E-state index is 12.3. The average Bonchev–Trinajstić information content (AvgIpc) is 3.22. The molecule has 142 valence electrons. The number of amides is 1. The first kappa shape index (κ1) is 18.4. The van der Waals surface area contributed by atoms with Gasteiger partial charge in [0.05, 0.1) is 21.0 Å². The lowest BCUT2D eigenvalue weighted by Crippen LogP contribution is -2.33. The number of benzene rings is 1. The number of thioether (sulfide) groups is 1. The highest BCUT2D eigenvalue weighted by Crippen LogP contribution is 2.23. The Morgan fingerprint density at radius 2 is 1.93 bits per heavy atom. The first-order valence-electron chi connectivity index (χ1n) is 9.35. The van der Waals surface area contributed by atoms with Crippen LogP contribution in [0.2, 0.25) is 0 Å². The normalized spacial score (nSPS) is 15.2. The molecule has 27 heavy (non-hydrogen) atoms. The number of likely N-dealkylation sites (tertiary alicyclic amines) is 1. The van der Waals surface area contributed by atoms with Crippen LogP contribution in [0, 0.1) is 0 Å². The van der Waals surface area contributed by atoms with Crippen molar-refractivity contribution in [3.05, 3.63) is 35.2 Å². The van der Waals surface area contributed by atoms with E-state index in [1.54, 1.807) is 11.3 Å². The van der Waals surface area contributed by atoms with Gasteiger partial charge in [-0.3, -0.25) is 4.79 Å². The smallest absolute Gasteiger partial charge is 0.277 e. The zero-order chi connectivity index (χ0) is 18.5. The molecule has 0 aliphatic carbocycles. The number of rotatable bonds is 6. The second-order valence-corrected chi connectivity index (χ2v) is 8.66. The van der Waals surface area contributed by atoms with E-state index in [2.05, 4.69) is 21.2 Å². The van der Waals surface area contributed by atoms with E-state index in [0.29, 0.717) is 23.3 Å². The molecular formula is C19H22N4O2S2.